The molecule has 0 bridgehead atoms. The van der Waals surface area contributed by atoms with Gasteiger partial charge in [-0.3, -0.25) is 14.4 Å². The van der Waals surface area contributed by atoms with E-state index in [9.17, 15) is 18.8 Å². The van der Waals surface area contributed by atoms with E-state index >= 15 is 0 Å². The van der Waals surface area contributed by atoms with E-state index in [1.165, 1.54) is 31.2 Å². The maximum absolute atomic E-state index is 13.8. The van der Waals surface area contributed by atoms with E-state index in [4.69, 9.17) is 4.74 Å². The number of rotatable bonds is 6. The third kappa shape index (κ3) is 5.29. The van der Waals surface area contributed by atoms with Crippen LogP contribution in [0.4, 0.5) is 10.1 Å². The summed E-state index contributed by atoms with van der Waals surface area (Å²) in [4.78, 5) is 36.0. The molecule has 0 aliphatic heterocycles. The summed E-state index contributed by atoms with van der Waals surface area (Å²) >= 11 is 0. The van der Waals surface area contributed by atoms with Gasteiger partial charge in [-0.2, -0.15) is 0 Å². The first-order valence-corrected chi connectivity index (χ1v) is 9.14. The number of hydrogen-bond acceptors (Lipinski definition) is 4. The average molecular weight is 406 g/mol. The number of halogens is 1. The van der Waals surface area contributed by atoms with Crippen molar-refractivity contribution in [1.29, 1.82) is 0 Å². The number of carbonyl (C=O) groups is 3. The Hall–Kier alpha value is -4.00. The van der Waals surface area contributed by atoms with Gasteiger partial charge in [0.15, 0.2) is 0 Å². The Balaban J connectivity index is 1.71. The van der Waals surface area contributed by atoms with Gasteiger partial charge in [-0.05, 0) is 42.0 Å². The summed E-state index contributed by atoms with van der Waals surface area (Å²) in [6.07, 6.45) is 0. The van der Waals surface area contributed by atoms with Gasteiger partial charge in [-0.1, -0.05) is 36.4 Å². The van der Waals surface area contributed by atoms with E-state index in [0.717, 1.165) is 0 Å². The van der Waals surface area contributed by atoms with Gasteiger partial charge in [0.1, 0.15) is 11.6 Å². The molecular weight excluding hydrogens is 387 g/mol. The maximum atomic E-state index is 13.8. The van der Waals surface area contributed by atoms with Gasteiger partial charge in [0.25, 0.3) is 11.8 Å². The van der Waals surface area contributed by atoms with Crippen molar-refractivity contribution >= 4 is 23.5 Å². The predicted octanol–water partition coefficient (Wildman–Crippen LogP) is 3.93. The topological polar surface area (TPSA) is 84.5 Å². The number of esters is 1. The molecule has 0 radical (unpaired) electrons. The lowest BCUT2D eigenvalue weighted by atomic mass is 10.1. The van der Waals surface area contributed by atoms with E-state index in [1.54, 1.807) is 48.5 Å². The third-order valence-corrected chi connectivity index (χ3v) is 4.18. The minimum absolute atomic E-state index is 0.0543. The van der Waals surface area contributed by atoms with Crippen LogP contribution in [0.15, 0.2) is 72.8 Å². The van der Waals surface area contributed by atoms with Crippen LogP contribution in [0.25, 0.3) is 0 Å². The van der Waals surface area contributed by atoms with Crippen molar-refractivity contribution in [3.05, 3.63) is 95.3 Å². The lowest BCUT2D eigenvalue weighted by molar-refractivity contribution is -0.131. The largest absolute Gasteiger partial charge is 0.427 e. The number of amides is 2. The quantitative estimate of drug-likeness (QED) is 0.480. The minimum atomic E-state index is -0.607. The maximum Gasteiger partial charge on any atom is 0.308 e. The van der Waals surface area contributed by atoms with E-state index in [-0.39, 0.29) is 17.9 Å². The van der Waals surface area contributed by atoms with Crippen molar-refractivity contribution in [2.75, 3.05) is 5.32 Å². The molecule has 6 nitrogen and oxygen atoms in total. The molecule has 0 saturated heterocycles. The number of nitrogens with one attached hydrogen (secondary N) is 2. The molecule has 30 heavy (non-hydrogen) atoms. The molecule has 152 valence electrons. The van der Waals surface area contributed by atoms with E-state index in [0.29, 0.717) is 16.8 Å². The number of benzene rings is 3. The van der Waals surface area contributed by atoms with Gasteiger partial charge in [0, 0.05) is 24.7 Å². The molecule has 0 saturated carbocycles. The summed E-state index contributed by atoms with van der Waals surface area (Å²) in [6.45, 7) is 1.37. The number of hydrogen-bond donors (Lipinski definition) is 2. The van der Waals surface area contributed by atoms with Gasteiger partial charge in [0.05, 0.1) is 5.56 Å². The molecule has 7 heteroatoms. The Bertz CT molecular complexity index is 1100. The van der Waals surface area contributed by atoms with Crippen LogP contribution in [0, 0.1) is 5.82 Å². The van der Waals surface area contributed by atoms with Crippen LogP contribution in [0.2, 0.25) is 0 Å². The summed E-state index contributed by atoms with van der Waals surface area (Å²) in [6, 6.07) is 18.9. The molecule has 0 spiro atoms. The average Bonchev–Trinajstić information content (AvgIpc) is 2.73. The van der Waals surface area contributed by atoms with E-state index < -0.39 is 23.6 Å². The molecule has 0 heterocycles. The monoisotopic (exact) mass is 406 g/mol. The highest BCUT2D eigenvalue weighted by molar-refractivity contribution is 6.05. The lowest BCUT2D eigenvalue weighted by Gasteiger charge is -2.13. The first-order chi connectivity index (χ1) is 14.4. The molecule has 3 rings (SSSR count). The van der Waals surface area contributed by atoms with E-state index in [1.807, 2.05) is 0 Å². The highest BCUT2D eigenvalue weighted by Gasteiger charge is 2.13. The van der Waals surface area contributed by atoms with Gasteiger partial charge in [-0.25, -0.2) is 4.39 Å². The lowest BCUT2D eigenvalue weighted by Crippen LogP contribution is -2.24. The molecule has 0 unspecified atom stereocenters. The third-order valence-electron chi connectivity index (χ3n) is 4.18. The Morgan fingerprint density at radius 1 is 0.900 bits per heavy atom. The van der Waals surface area contributed by atoms with Crippen molar-refractivity contribution in [2.24, 2.45) is 0 Å². The fourth-order valence-electron chi connectivity index (χ4n) is 2.77. The second-order valence-electron chi connectivity index (χ2n) is 6.40. The first-order valence-electron chi connectivity index (χ1n) is 9.14. The molecule has 3 aromatic rings. The van der Waals surface area contributed by atoms with Crippen molar-refractivity contribution in [1.82, 2.24) is 5.32 Å². The smallest absolute Gasteiger partial charge is 0.308 e. The van der Waals surface area contributed by atoms with Crippen LogP contribution >= 0.6 is 0 Å². The second-order valence-corrected chi connectivity index (χ2v) is 6.40. The van der Waals surface area contributed by atoms with E-state index in [2.05, 4.69) is 10.6 Å². The zero-order valence-electron chi connectivity index (χ0n) is 16.1. The molecule has 3 aromatic carbocycles. The Labute approximate surface area is 172 Å². The van der Waals surface area contributed by atoms with Crippen molar-refractivity contribution < 1.29 is 23.5 Å². The number of para-hydroxylation sites is 1. The summed E-state index contributed by atoms with van der Waals surface area (Å²) in [7, 11) is 0. The fraction of sp³-hybridized carbons (Fsp3) is 0.0870. The minimum Gasteiger partial charge on any atom is -0.427 e. The molecular formula is C23H19FN2O4. The number of ether oxygens (including phenoxy) is 1. The first kappa shape index (κ1) is 20.7. The molecule has 0 atom stereocenters. The van der Waals surface area contributed by atoms with Crippen LogP contribution in [0.3, 0.4) is 0 Å². The molecule has 0 aromatic heterocycles. The highest BCUT2D eigenvalue weighted by atomic mass is 19.1. The second kappa shape index (κ2) is 9.47. The van der Waals surface area contributed by atoms with Crippen LogP contribution in [0.5, 0.6) is 5.75 Å². The fourth-order valence-corrected chi connectivity index (χ4v) is 2.77. The standard InChI is InChI=1S/C23H19FN2O4/c1-15(27)30-18-9-6-8-16(13-18)22(28)26-21-12-5-2-7-17(21)14-25-23(29)19-10-3-4-11-20(19)24/h2-13H,14H2,1H3,(H,25,29)(H,26,28). The highest BCUT2D eigenvalue weighted by Crippen LogP contribution is 2.19. The van der Waals surface area contributed by atoms with Crippen molar-refractivity contribution in [2.45, 2.75) is 13.5 Å². The van der Waals surface area contributed by atoms with Gasteiger partial charge < -0.3 is 15.4 Å². The normalized spacial score (nSPS) is 10.2. The molecule has 0 aliphatic carbocycles. The van der Waals surface area contributed by atoms with Crippen LogP contribution in [-0.4, -0.2) is 17.8 Å². The summed E-state index contributed by atoms with van der Waals surface area (Å²) < 4.78 is 18.8. The summed E-state index contributed by atoms with van der Waals surface area (Å²) in [5.41, 5.74) is 1.39. The van der Waals surface area contributed by atoms with Gasteiger partial charge in [0.2, 0.25) is 0 Å². The Morgan fingerprint density at radius 3 is 2.40 bits per heavy atom. The van der Waals surface area contributed by atoms with Crippen LogP contribution in [-0.2, 0) is 11.3 Å². The Kier molecular flexibility index (Phi) is 6.54. The molecule has 0 fully saturated rings. The zero-order valence-corrected chi connectivity index (χ0v) is 16.1. The molecule has 2 N–H and O–H groups in total. The molecule has 0 aliphatic rings. The van der Waals surface area contributed by atoms with Crippen molar-refractivity contribution in [3.8, 4) is 5.75 Å². The van der Waals surface area contributed by atoms with Crippen LogP contribution in [0.1, 0.15) is 33.2 Å². The molecule has 2 amide bonds. The Morgan fingerprint density at radius 2 is 1.63 bits per heavy atom. The van der Waals surface area contributed by atoms with Crippen LogP contribution < -0.4 is 15.4 Å². The van der Waals surface area contributed by atoms with Crippen molar-refractivity contribution in [3.63, 3.8) is 0 Å². The number of anilines is 1. The summed E-state index contributed by atoms with van der Waals surface area (Å²) in [5.74, 6) is -1.78. The number of carbonyl (C=O) groups excluding carboxylic acids is 3. The summed E-state index contributed by atoms with van der Waals surface area (Å²) in [5, 5.41) is 5.43. The van der Waals surface area contributed by atoms with Gasteiger partial charge >= 0.3 is 5.97 Å². The zero-order chi connectivity index (χ0) is 21.5. The van der Waals surface area contributed by atoms with Gasteiger partial charge in [-0.15, -0.1) is 0 Å². The predicted molar refractivity (Wildman–Crippen MR) is 110 cm³/mol. The SMILES string of the molecule is CC(=O)Oc1cccc(C(=O)Nc2ccccc2CNC(=O)c2ccccc2F)c1.